The molecule has 0 aliphatic carbocycles. The summed E-state index contributed by atoms with van der Waals surface area (Å²) in [4.78, 5) is 26.8. The Morgan fingerprint density at radius 1 is 1.00 bits per heavy atom. The monoisotopic (exact) mass is 469 g/mol. The van der Waals surface area contributed by atoms with E-state index in [2.05, 4.69) is 38.2 Å². The summed E-state index contributed by atoms with van der Waals surface area (Å²) >= 11 is 0. The van der Waals surface area contributed by atoms with Gasteiger partial charge in [0.25, 0.3) is 5.91 Å². The van der Waals surface area contributed by atoms with Gasteiger partial charge in [-0.05, 0) is 29.7 Å². The fourth-order valence-corrected chi connectivity index (χ4v) is 5.05. The van der Waals surface area contributed by atoms with E-state index in [1.165, 1.54) is 11.1 Å². The van der Waals surface area contributed by atoms with E-state index in [4.69, 9.17) is 9.62 Å². The first-order valence-electron chi connectivity index (χ1n) is 12.0. The molecule has 0 fully saturated rings. The number of pyridine rings is 1. The largest absolute Gasteiger partial charge is 0.340 e. The second-order valence-corrected chi connectivity index (χ2v) is 9.19. The van der Waals surface area contributed by atoms with E-state index in [1.807, 2.05) is 33.8 Å². The molecular weight excluding hydrogens is 442 g/mol. The number of hydrogen-bond donors (Lipinski definition) is 0. The van der Waals surface area contributed by atoms with Crippen LogP contribution < -0.4 is 0 Å². The minimum atomic E-state index is -0.00669. The zero-order valence-electron chi connectivity index (χ0n) is 19.7. The lowest BCUT2D eigenvalue weighted by atomic mass is 9.99. The molecule has 35 heavy (non-hydrogen) atoms. The summed E-state index contributed by atoms with van der Waals surface area (Å²) in [7, 11) is 0. The molecule has 2 aliphatic heterocycles. The second-order valence-electron chi connectivity index (χ2n) is 9.19. The SMILES string of the molecule is Cc1nc(CN2CCc3c(c(C(=O)N4CCc5ccccc5C4)nn3Cc3ccccn3)C2)no1. The van der Waals surface area contributed by atoms with Crippen molar-refractivity contribution in [2.24, 2.45) is 0 Å². The molecule has 9 heteroatoms. The van der Waals surface area contributed by atoms with Crippen LogP contribution in [0.3, 0.4) is 0 Å². The lowest BCUT2D eigenvalue weighted by Gasteiger charge is -2.30. The summed E-state index contributed by atoms with van der Waals surface area (Å²) < 4.78 is 7.11. The normalized spacial score (nSPS) is 15.6. The van der Waals surface area contributed by atoms with Crippen LogP contribution in [0.5, 0.6) is 0 Å². The molecule has 0 radical (unpaired) electrons. The molecule has 1 aromatic carbocycles. The molecular formula is C26H27N7O2. The van der Waals surface area contributed by atoms with Crippen LogP contribution >= 0.6 is 0 Å². The molecule has 0 saturated carbocycles. The van der Waals surface area contributed by atoms with E-state index in [0.29, 0.717) is 50.1 Å². The standard InChI is InChI=1S/C26H27N7O2/c1-18-28-24(30-35-18)17-31-12-10-23-22(16-31)25(29-33(23)15-21-8-4-5-11-27-21)26(34)32-13-9-19-6-2-3-7-20(19)14-32/h2-8,11H,9-10,12-17H2,1H3. The van der Waals surface area contributed by atoms with Crippen LogP contribution in [-0.2, 0) is 39.0 Å². The molecule has 4 aromatic rings. The Balaban J connectivity index is 1.31. The highest BCUT2D eigenvalue weighted by Gasteiger charge is 2.32. The first-order valence-corrected chi connectivity index (χ1v) is 12.0. The summed E-state index contributed by atoms with van der Waals surface area (Å²) in [5, 5.41) is 8.92. The Morgan fingerprint density at radius 2 is 1.86 bits per heavy atom. The first-order chi connectivity index (χ1) is 17.1. The van der Waals surface area contributed by atoms with E-state index in [9.17, 15) is 4.79 Å². The molecule has 0 spiro atoms. The average Bonchev–Trinajstić information content (AvgIpc) is 3.46. The zero-order chi connectivity index (χ0) is 23.8. The van der Waals surface area contributed by atoms with Gasteiger partial charge in [0.05, 0.1) is 18.8 Å². The number of hydrogen-bond acceptors (Lipinski definition) is 7. The number of carbonyl (C=O) groups excluding carboxylic acids is 1. The number of fused-ring (bicyclic) bond motifs is 2. The van der Waals surface area contributed by atoms with E-state index in [1.54, 1.807) is 13.1 Å². The zero-order valence-corrected chi connectivity index (χ0v) is 19.7. The molecule has 6 rings (SSSR count). The Bertz CT molecular complexity index is 1360. The summed E-state index contributed by atoms with van der Waals surface area (Å²) in [6.07, 6.45) is 3.45. The predicted octanol–water partition coefficient (Wildman–Crippen LogP) is 2.77. The van der Waals surface area contributed by atoms with Crippen molar-refractivity contribution in [1.29, 1.82) is 0 Å². The summed E-state index contributed by atoms with van der Waals surface area (Å²) in [6.45, 7) is 5.68. The van der Waals surface area contributed by atoms with E-state index in [-0.39, 0.29) is 5.91 Å². The fraction of sp³-hybridized carbons (Fsp3) is 0.346. The van der Waals surface area contributed by atoms with Crippen molar-refractivity contribution in [3.63, 3.8) is 0 Å². The van der Waals surface area contributed by atoms with Gasteiger partial charge in [0.2, 0.25) is 5.89 Å². The highest BCUT2D eigenvalue weighted by Crippen LogP contribution is 2.27. The van der Waals surface area contributed by atoms with Gasteiger partial charge in [-0.3, -0.25) is 19.4 Å². The van der Waals surface area contributed by atoms with Crippen LogP contribution in [0.4, 0.5) is 0 Å². The minimum absolute atomic E-state index is 0.00669. The van der Waals surface area contributed by atoms with Crippen molar-refractivity contribution >= 4 is 5.91 Å². The van der Waals surface area contributed by atoms with Gasteiger partial charge in [-0.2, -0.15) is 10.1 Å². The summed E-state index contributed by atoms with van der Waals surface area (Å²) in [5.41, 5.74) is 6.11. The van der Waals surface area contributed by atoms with E-state index in [0.717, 1.165) is 36.3 Å². The molecule has 5 heterocycles. The summed E-state index contributed by atoms with van der Waals surface area (Å²) in [5.74, 6) is 1.21. The van der Waals surface area contributed by atoms with Crippen LogP contribution in [0.25, 0.3) is 0 Å². The number of nitrogens with zero attached hydrogens (tertiary/aromatic N) is 7. The number of benzene rings is 1. The van der Waals surface area contributed by atoms with Gasteiger partial charge < -0.3 is 9.42 Å². The lowest BCUT2D eigenvalue weighted by Crippen LogP contribution is -2.37. The van der Waals surface area contributed by atoms with Crippen LogP contribution in [-0.4, -0.2) is 53.7 Å². The maximum atomic E-state index is 13.8. The van der Waals surface area contributed by atoms with Gasteiger partial charge in [-0.1, -0.05) is 35.5 Å². The van der Waals surface area contributed by atoms with Crippen molar-refractivity contribution in [3.8, 4) is 0 Å². The van der Waals surface area contributed by atoms with Gasteiger partial charge in [-0.25, -0.2) is 0 Å². The van der Waals surface area contributed by atoms with Crippen LogP contribution in [0.2, 0.25) is 0 Å². The molecule has 0 atom stereocenters. The highest BCUT2D eigenvalue weighted by atomic mass is 16.5. The third-order valence-corrected chi connectivity index (χ3v) is 6.81. The molecule has 178 valence electrons. The quantitative estimate of drug-likeness (QED) is 0.444. The third-order valence-electron chi connectivity index (χ3n) is 6.81. The number of carbonyl (C=O) groups is 1. The summed E-state index contributed by atoms with van der Waals surface area (Å²) in [6, 6.07) is 14.2. The highest BCUT2D eigenvalue weighted by molar-refractivity contribution is 5.94. The van der Waals surface area contributed by atoms with Crippen LogP contribution in [0, 0.1) is 6.92 Å². The second kappa shape index (κ2) is 9.07. The predicted molar refractivity (Wildman–Crippen MR) is 127 cm³/mol. The van der Waals surface area contributed by atoms with Gasteiger partial charge >= 0.3 is 0 Å². The molecule has 0 bridgehead atoms. The number of aromatic nitrogens is 5. The Kier molecular flexibility index (Phi) is 5.61. The lowest BCUT2D eigenvalue weighted by molar-refractivity contribution is 0.0725. The topological polar surface area (TPSA) is 93.2 Å². The number of aryl methyl sites for hydroxylation is 1. The maximum Gasteiger partial charge on any atom is 0.275 e. The smallest absolute Gasteiger partial charge is 0.275 e. The van der Waals surface area contributed by atoms with Crippen molar-refractivity contribution in [2.75, 3.05) is 13.1 Å². The average molecular weight is 470 g/mol. The molecule has 0 unspecified atom stereocenters. The molecule has 0 saturated heterocycles. The Hall–Kier alpha value is -3.85. The number of amides is 1. The van der Waals surface area contributed by atoms with Crippen molar-refractivity contribution in [3.05, 3.63) is 94.1 Å². The van der Waals surface area contributed by atoms with Crippen LogP contribution in [0.15, 0.2) is 53.2 Å². The number of rotatable bonds is 5. The van der Waals surface area contributed by atoms with Crippen molar-refractivity contribution in [1.82, 2.24) is 34.7 Å². The van der Waals surface area contributed by atoms with Gasteiger partial charge in [0.15, 0.2) is 11.5 Å². The Morgan fingerprint density at radius 3 is 2.66 bits per heavy atom. The first kappa shape index (κ1) is 21.7. The van der Waals surface area contributed by atoms with E-state index >= 15 is 0 Å². The van der Waals surface area contributed by atoms with E-state index < -0.39 is 0 Å². The van der Waals surface area contributed by atoms with Crippen molar-refractivity contribution in [2.45, 2.75) is 45.9 Å². The molecule has 2 aliphatic rings. The molecule has 3 aromatic heterocycles. The molecule has 1 amide bonds. The van der Waals surface area contributed by atoms with Gasteiger partial charge in [0, 0.05) is 57.0 Å². The Labute approximate surface area is 203 Å². The van der Waals surface area contributed by atoms with Gasteiger partial charge in [-0.15, -0.1) is 0 Å². The molecule has 9 nitrogen and oxygen atoms in total. The fourth-order valence-electron chi connectivity index (χ4n) is 5.05. The molecule has 0 N–H and O–H groups in total. The van der Waals surface area contributed by atoms with Crippen molar-refractivity contribution < 1.29 is 9.32 Å². The maximum absolute atomic E-state index is 13.8. The van der Waals surface area contributed by atoms with Crippen LogP contribution in [0.1, 0.15) is 50.3 Å². The van der Waals surface area contributed by atoms with Gasteiger partial charge in [0.1, 0.15) is 0 Å². The minimum Gasteiger partial charge on any atom is -0.340 e. The third kappa shape index (κ3) is 4.35.